The van der Waals surface area contributed by atoms with E-state index < -0.39 is 7.37 Å². The van der Waals surface area contributed by atoms with E-state index >= 15 is 0 Å². The molecule has 0 amide bonds. The molecule has 8 heavy (non-hydrogen) atoms. The molecule has 52 valence electrons. The Labute approximate surface area is 73.5 Å². The molecule has 0 unspecified atom stereocenters. The van der Waals surface area contributed by atoms with Crippen molar-refractivity contribution in [1.82, 2.24) is 0 Å². The lowest BCUT2D eigenvalue weighted by Gasteiger charge is -1.98. The Morgan fingerprint density at radius 1 is 1.38 bits per heavy atom. The summed E-state index contributed by atoms with van der Waals surface area (Å²) in [5, 5.41) is 0. The van der Waals surface area contributed by atoms with Crippen molar-refractivity contribution in [1.29, 1.82) is 0 Å². The third-order valence-corrected chi connectivity index (χ3v) is 1.32. The fourth-order valence-electron chi connectivity index (χ4n) is 0. The first kappa shape index (κ1) is 12.3. The topological polar surface area (TPSA) is 26.3 Å². The minimum atomic E-state index is -2.15. The maximum Gasteiger partial charge on any atom is 0.196 e. The minimum Gasteiger partial charge on any atom is -0.332 e. The molecule has 0 aliphatic carbocycles. The molecule has 0 bridgehead atoms. The summed E-state index contributed by atoms with van der Waals surface area (Å²) in [6.45, 7) is 3.15. The van der Waals surface area contributed by atoms with Crippen molar-refractivity contribution in [3.8, 4) is 0 Å². The molecule has 0 aliphatic rings. The first-order chi connectivity index (χ1) is 3.56. The van der Waals surface area contributed by atoms with Crippen molar-refractivity contribution < 1.29 is 9.09 Å². The van der Waals surface area contributed by atoms with E-state index in [4.69, 9.17) is 0 Å². The zero-order valence-corrected chi connectivity index (χ0v) is 10.2. The number of rotatable bonds is 1. The van der Waals surface area contributed by atoms with Crippen LogP contribution in [0.3, 0.4) is 0 Å². The molecular formula is C3H9I2O2P. The molecule has 2 nitrogen and oxygen atoms in total. The van der Waals surface area contributed by atoms with E-state index in [2.05, 4.69) is 41.8 Å². The van der Waals surface area contributed by atoms with Gasteiger partial charge in [0.1, 0.15) is 0 Å². The van der Waals surface area contributed by atoms with Crippen LogP contribution in [0.15, 0.2) is 0 Å². The van der Waals surface area contributed by atoms with Crippen molar-refractivity contribution >= 4 is 44.6 Å². The highest BCUT2D eigenvalue weighted by Gasteiger charge is 1.99. The summed E-state index contributed by atoms with van der Waals surface area (Å²) in [6, 6.07) is 0. The molecule has 0 aromatic rings. The monoisotopic (exact) mass is 362 g/mol. The molecule has 0 aliphatic heterocycles. The van der Waals surface area contributed by atoms with Gasteiger partial charge in [0.15, 0.2) is 7.37 Å². The summed E-state index contributed by atoms with van der Waals surface area (Å²) < 4.78 is 14.9. The third-order valence-electron chi connectivity index (χ3n) is 0.440. The van der Waals surface area contributed by atoms with Gasteiger partial charge in [-0.3, -0.25) is 4.57 Å². The van der Waals surface area contributed by atoms with Crippen LogP contribution in [0.4, 0.5) is 0 Å². The second-order valence-electron chi connectivity index (χ2n) is 1.43. The Hall–Kier alpha value is 1.65. The van der Waals surface area contributed by atoms with Crippen LogP contribution in [0.1, 0.15) is 0 Å². The van der Waals surface area contributed by atoms with Gasteiger partial charge in [-0.05, 0) is 0 Å². The van der Waals surface area contributed by atoms with Crippen LogP contribution in [0.2, 0.25) is 0 Å². The van der Waals surface area contributed by atoms with Crippen molar-refractivity contribution in [2.45, 2.75) is 0 Å². The highest BCUT2D eigenvalue weighted by molar-refractivity contribution is 15.0. The van der Waals surface area contributed by atoms with Gasteiger partial charge in [-0.25, -0.2) is 0 Å². The third kappa shape index (κ3) is 15.6. The molecule has 0 spiro atoms. The number of hydrogen-bond donors (Lipinski definition) is 0. The summed E-state index contributed by atoms with van der Waals surface area (Å²) in [7, 11) is -0.701. The van der Waals surface area contributed by atoms with E-state index in [-0.39, 0.29) is 0 Å². The molecule has 5 heteroatoms. The second-order valence-corrected chi connectivity index (χ2v) is 4.30. The largest absolute Gasteiger partial charge is 0.332 e. The lowest BCUT2D eigenvalue weighted by atomic mass is 11.8. The van der Waals surface area contributed by atoms with Gasteiger partial charge in [0.2, 0.25) is 0 Å². The smallest absolute Gasteiger partial charge is 0.196 e. The molecule has 0 fully saturated rings. The van der Waals surface area contributed by atoms with Gasteiger partial charge >= 0.3 is 0 Å². The number of halogens is 2. The molecule has 0 saturated heterocycles. The SMILES string of the molecule is COP(C)(C)=O.II. The Balaban J connectivity index is 0. The quantitative estimate of drug-likeness (QED) is 0.530. The Morgan fingerprint density at radius 3 is 1.50 bits per heavy atom. The van der Waals surface area contributed by atoms with Gasteiger partial charge in [-0.1, -0.05) is 0 Å². The van der Waals surface area contributed by atoms with Gasteiger partial charge in [0, 0.05) is 57.7 Å². The van der Waals surface area contributed by atoms with E-state index in [0.29, 0.717) is 0 Å². The van der Waals surface area contributed by atoms with E-state index in [0.717, 1.165) is 0 Å². The van der Waals surface area contributed by atoms with Crippen LogP contribution in [-0.4, -0.2) is 20.4 Å². The predicted molar refractivity (Wildman–Crippen MR) is 54.5 cm³/mol. The average molecular weight is 362 g/mol. The minimum absolute atomic E-state index is 1.45. The van der Waals surface area contributed by atoms with Gasteiger partial charge in [0.25, 0.3) is 0 Å². The van der Waals surface area contributed by atoms with Gasteiger partial charge in [-0.15, -0.1) is 0 Å². The summed E-state index contributed by atoms with van der Waals surface area (Å²) >= 11 is 4.24. The first-order valence-electron chi connectivity index (χ1n) is 1.81. The van der Waals surface area contributed by atoms with Gasteiger partial charge in [0.05, 0.1) is 0 Å². The first-order valence-corrected chi connectivity index (χ1v) is 10.6. The number of hydrogen-bond acceptors (Lipinski definition) is 2. The van der Waals surface area contributed by atoms with E-state index in [1.54, 1.807) is 13.3 Å². The average Bonchev–Trinajstić information content (AvgIpc) is 1.71. The summed E-state index contributed by atoms with van der Waals surface area (Å²) in [5.41, 5.74) is 0. The van der Waals surface area contributed by atoms with Crippen molar-refractivity contribution in [3.63, 3.8) is 0 Å². The van der Waals surface area contributed by atoms with Gasteiger partial charge < -0.3 is 4.52 Å². The molecular weight excluding hydrogens is 353 g/mol. The fourth-order valence-corrected chi connectivity index (χ4v) is 0. The summed E-state index contributed by atoms with van der Waals surface area (Å²) in [6.07, 6.45) is 0. The molecule has 0 rings (SSSR count). The molecule has 0 aromatic heterocycles. The van der Waals surface area contributed by atoms with Crippen molar-refractivity contribution in [2.75, 3.05) is 20.4 Å². The fraction of sp³-hybridized carbons (Fsp3) is 1.00. The lowest BCUT2D eigenvalue weighted by Crippen LogP contribution is -1.74. The highest BCUT2D eigenvalue weighted by atomic mass is 128. The molecule has 0 N–H and O–H groups in total. The van der Waals surface area contributed by atoms with E-state index in [9.17, 15) is 4.57 Å². The van der Waals surface area contributed by atoms with Gasteiger partial charge in [-0.2, -0.15) is 0 Å². The molecule has 0 saturated carbocycles. The van der Waals surface area contributed by atoms with Crippen LogP contribution in [-0.2, 0) is 9.09 Å². The molecule has 0 aromatic carbocycles. The zero-order valence-electron chi connectivity index (χ0n) is 5.02. The van der Waals surface area contributed by atoms with Crippen LogP contribution < -0.4 is 0 Å². The predicted octanol–water partition coefficient (Wildman–Crippen LogP) is 2.94. The van der Waals surface area contributed by atoms with E-state index in [1.807, 2.05) is 0 Å². The maximum atomic E-state index is 10.4. The highest BCUT2D eigenvalue weighted by Crippen LogP contribution is 2.35. The Morgan fingerprint density at radius 2 is 1.50 bits per heavy atom. The van der Waals surface area contributed by atoms with Crippen molar-refractivity contribution in [2.24, 2.45) is 0 Å². The van der Waals surface area contributed by atoms with Crippen LogP contribution in [0.5, 0.6) is 0 Å². The Bertz CT molecular complexity index is 79.4. The summed E-state index contributed by atoms with van der Waals surface area (Å²) in [5.74, 6) is 0. The maximum absolute atomic E-state index is 10.4. The normalized spacial score (nSPS) is 9.62. The molecule has 0 atom stereocenters. The Kier molecular flexibility index (Phi) is 10.4. The summed E-state index contributed by atoms with van der Waals surface area (Å²) in [4.78, 5) is 0. The lowest BCUT2D eigenvalue weighted by molar-refractivity contribution is 0.404. The standard InChI is InChI=1S/C3H9O2P.I2/c1-5-6(2,3)4;1-2/h1-3H3;. The second kappa shape index (κ2) is 6.77. The van der Waals surface area contributed by atoms with E-state index in [1.165, 1.54) is 7.11 Å². The zero-order chi connectivity index (χ0) is 7.21. The molecule has 0 heterocycles. The van der Waals surface area contributed by atoms with Crippen LogP contribution in [0, 0.1) is 0 Å². The van der Waals surface area contributed by atoms with Crippen LogP contribution >= 0.6 is 44.6 Å². The molecule has 0 radical (unpaired) electrons. The van der Waals surface area contributed by atoms with Crippen molar-refractivity contribution in [3.05, 3.63) is 0 Å². The van der Waals surface area contributed by atoms with Crippen LogP contribution in [0.25, 0.3) is 0 Å².